The van der Waals surface area contributed by atoms with Crippen LogP contribution >= 0.6 is 23.2 Å². The predicted molar refractivity (Wildman–Crippen MR) is 104 cm³/mol. The van der Waals surface area contributed by atoms with Gasteiger partial charge in [-0.2, -0.15) is 10.4 Å². The van der Waals surface area contributed by atoms with E-state index in [1.54, 1.807) is 22.9 Å². The van der Waals surface area contributed by atoms with Crippen molar-refractivity contribution >= 4 is 23.2 Å². The van der Waals surface area contributed by atoms with Gasteiger partial charge in [0, 0.05) is 10.0 Å². The minimum absolute atomic E-state index is 0.0399. The molecule has 0 amide bonds. The number of aryl methyl sites for hydroxylation is 1. The summed E-state index contributed by atoms with van der Waals surface area (Å²) in [5, 5.41) is 15.3. The number of ether oxygens (including phenoxy) is 1. The molecular weight excluding hydrogens is 383 g/mol. The molecule has 27 heavy (non-hydrogen) atoms. The van der Waals surface area contributed by atoms with Crippen molar-refractivity contribution < 1.29 is 4.74 Å². The second-order valence-electron chi connectivity index (χ2n) is 6.14. The van der Waals surface area contributed by atoms with Gasteiger partial charge in [-0.3, -0.25) is 0 Å². The Morgan fingerprint density at radius 2 is 1.93 bits per heavy atom. The predicted octanol–water partition coefficient (Wildman–Crippen LogP) is 4.71. The van der Waals surface area contributed by atoms with Crippen molar-refractivity contribution in [3.63, 3.8) is 0 Å². The highest BCUT2D eigenvalue weighted by atomic mass is 35.5. The van der Waals surface area contributed by atoms with Gasteiger partial charge in [-0.05, 0) is 36.8 Å². The Kier molecular flexibility index (Phi) is 4.31. The second kappa shape index (κ2) is 6.66. The first-order valence-corrected chi connectivity index (χ1v) is 8.94. The van der Waals surface area contributed by atoms with Gasteiger partial charge in [0.25, 0.3) is 0 Å². The molecule has 0 saturated heterocycles. The minimum Gasteiger partial charge on any atom is -0.422 e. The van der Waals surface area contributed by atoms with Crippen LogP contribution in [0.25, 0.3) is 5.69 Å². The molecule has 0 bridgehead atoms. The van der Waals surface area contributed by atoms with E-state index in [4.69, 9.17) is 33.7 Å². The molecule has 3 aromatic rings. The summed E-state index contributed by atoms with van der Waals surface area (Å²) < 4.78 is 7.51. The number of nitrogens with zero attached hydrogens (tertiary/aromatic N) is 3. The van der Waals surface area contributed by atoms with Crippen LogP contribution in [0.5, 0.6) is 5.88 Å². The summed E-state index contributed by atoms with van der Waals surface area (Å²) in [4.78, 5) is 0. The Morgan fingerprint density at radius 3 is 2.59 bits per heavy atom. The van der Waals surface area contributed by atoms with E-state index in [0.717, 1.165) is 22.5 Å². The van der Waals surface area contributed by atoms with Crippen molar-refractivity contribution in [2.24, 2.45) is 5.73 Å². The SMILES string of the molecule is Cc1nn(-c2ccccc2)c2c1C(c1ccc(Cl)cc1Cl)C(C#N)=C(N)O2. The molecular formula is C20H14Cl2N4O. The molecule has 2 aromatic carbocycles. The number of allylic oxidation sites excluding steroid dienone is 1. The lowest BCUT2D eigenvalue weighted by atomic mass is 9.84. The standard InChI is InChI=1S/C20H14Cl2N4O/c1-11-17-18(14-8-7-12(21)9-16(14)22)15(10-23)19(24)27-20(17)26(25-11)13-5-3-2-4-6-13/h2-9,18H,24H2,1H3. The molecule has 4 rings (SSSR count). The van der Waals surface area contributed by atoms with Gasteiger partial charge in [0.2, 0.25) is 11.8 Å². The molecule has 1 unspecified atom stereocenters. The van der Waals surface area contributed by atoms with Crippen molar-refractivity contribution in [2.75, 3.05) is 0 Å². The number of para-hydroxylation sites is 1. The fourth-order valence-corrected chi connectivity index (χ4v) is 3.82. The quantitative estimate of drug-likeness (QED) is 0.680. The van der Waals surface area contributed by atoms with Crippen LogP contribution in [0.3, 0.4) is 0 Å². The van der Waals surface area contributed by atoms with Gasteiger partial charge in [-0.25, -0.2) is 4.68 Å². The summed E-state index contributed by atoms with van der Waals surface area (Å²) in [5.41, 5.74) is 9.42. The highest BCUT2D eigenvalue weighted by Gasteiger charge is 2.37. The van der Waals surface area contributed by atoms with E-state index >= 15 is 0 Å². The molecule has 2 N–H and O–H groups in total. The molecule has 0 radical (unpaired) electrons. The number of benzene rings is 2. The number of aromatic nitrogens is 2. The average molecular weight is 397 g/mol. The third-order valence-corrected chi connectivity index (χ3v) is 5.07. The van der Waals surface area contributed by atoms with Gasteiger partial charge < -0.3 is 10.5 Å². The molecule has 0 fully saturated rings. The maximum atomic E-state index is 9.71. The zero-order chi connectivity index (χ0) is 19.1. The summed E-state index contributed by atoms with van der Waals surface area (Å²) in [7, 11) is 0. The average Bonchev–Trinajstić information content (AvgIpc) is 2.98. The molecule has 1 aliphatic rings. The molecule has 2 heterocycles. The van der Waals surface area contributed by atoms with Crippen molar-refractivity contribution in [3.05, 3.63) is 86.9 Å². The molecule has 0 aliphatic carbocycles. The molecule has 0 spiro atoms. The number of hydrogen-bond donors (Lipinski definition) is 1. The Hall–Kier alpha value is -2.94. The van der Waals surface area contributed by atoms with E-state index in [1.807, 2.05) is 37.3 Å². The summed E-state index contributed by atoms with van der Waals surface area (Å²) in [6.07, 6.45) is 0. The minimum atomic E-state index is -0.485. The molecule has 7 heteroatoms. The number of nitrogens with two attached hydrogens (primary N) is 1. The van der Waals surface area contributed by atoms with Crippen LogP contribution in [0.1, 0.15) is 22.7 Å². The van der Waals surface area contributed by atoms with Crippen LogP contribution in [-0.4, -0.2) is 9.78 Å². The number of rotatable bonds is 2. The Labute approximate surface area is 166 Å². The molecule has 1 aromatic heterocycles. The van der Waals surface area contributed by atoms with Crippen LogP contribution < -0.4 is 10.5 Å². The normalized spacial score (nSPS) is 15.9. The lowest BCUT2D eigenvalue weighted by Crippen LogP contribution is -2.22. The van der Waals surface area contributed by atoms with Crippen molar-refractivity contribution in [1.82, 2.24) is 9.78 Å². The van der Waals surface area contributed by atoms with E-state index in [9.17, 15) is 5.26 Å². The Balaban J connectivity index is 1.98. The first-order chi connectivity index (χ1) is 13.0. The summed E-state index contributed by atoms with van der Waals surface area (Å²) in [6.45, 7) is 1.87. The van der Waals surface area contributed by atoms with E-state index in [1.165, 1.54) is 0 Å². The van der Waals surface area contributed by atoms with Gasteiger partial charge in [0.15, 0.2) is 0 Å². The van der Waals surface area contributed by atoms with Crippen LogP contribution in [0.2, 0.25) is 10.0 Å². The van der Waals surface area contributed by atoms with Crippen LogP contribution in [0, 0.1) is 18.3 Å². The second-order valence-corrected chi connectivity index (χ2v) is 6.99. The number of nitriles is 1. The zero-order valence-electron chi connectivity index (χ0n) is 14.3. The summed E-state index contributed by atoms with van der Waals surface area (Å²) in [5.74, 6) is 0.0327. The van der Waals surface area contributed by atoms with E-state index < -0.39 is 5.92 Å². The first-order valence-electron chi connectivity index (χ1n) is 8.18. The number of fused-ring (bicyclic) bond motifs is 1. The maximum absolute atomic E-state index is 9.71. The van der Waals surface area contributed by atoms with E-state index in [-0.39, 0.29) is 5.88 Å². The van der Waals surface area contributed by atoms with Gasteiger partial charge in [0.05, 0.1) is 22.9 Å². The van der Waals surface area contributed by atoms with Crippen molar-refractivity contribution in [3.8, 4) is 17.6 Å². The third kappa shape index (κ3) is 2.84. The lowest BCUT2D eigenvalue weighted by Gasteiger charge is -2.25. The molecule has 5 nitrogen and oxygen atoms in total. The smallest absolute Gasteiger partial charge is 0.229 e. The third-order valence-electron chi connectivity index (χ3n) is 4.51. The molecule has 0 saturated carbocycles. The highest BCUT2D eigenvalue weighted by Crippen LogP contribution is 2.46. The van der Waals surface area contributed by atoms with Gasteiger partial charge >= 0.3 is 0 Å². The highest BCUT2D eigenvalue weighted by molar-refractivity contribution is 6.35. The fourth-order valence-electron chi connectivity index (χ4n) is 3.30. The lowest BCUT2D eigenvalue weighted by molar-refractivity contribution is 0.367. The summed E-state index contributed by atoms with van der Waals surface area (Å²) >= 11 is 12.5. The Morgan fingerprint density at radius 1 is 1.19 bits per heavy atom. The van der Waals surface area contributed by atoms with Gasteiger partial charge in [0.1, 0.15) is 11.6 Å². The number of hydrogen-bond acceptors (Lipinski definition) is 4. The van der Waals surface area contributed by atoms with Crippen molar-refractivity contribution in [2.45, 2.75) is 12.8 Å². The first kappa shape index (κ1) is 17.5. The molecule has 1 aliphatic heterocycles. The van der Waals surface area contributed by atoms with Crippen LogP contribution in [-0.2, 0) is 0 Å². The van der Waals surface area contributed by atoms with Crippen LogP contribution in [0.4, 0.5) is 0 Å². The topological polar surface area (TPSA) is 76.9 Å². The fraction of sp³-hybridized carbons (Fsp3) is 0.100. The largest absolute Gasteiger partial charge is 0.422 e. The van der Waals surface area contributed by atoms with E-state index in [0.29, 0.717) is 21.5 Å². The van der Waals surface area contributed by atoms with Crippen LogP contribution in [0.15, 0.2) is 60.0 Å². The molecule has 1 atom stereocenters. The van der Waals surface area contributed by atoms with E-state index in [2.05, 4.69) is 11.2 Å². The zero-order valence-corrected chi connectivity index (χ0v) is 15.8. The van der Waals surface area contributed by atoms with Gasteiger partial charge in [-0.1, -0.05) is 47.5 Å². The summed E-state index contributed by atoms with van der Waals surface area (Å²) in [6, 6.07) is 16.9. The van der Waals surface area contributed by atoms with Crippen molar-refractivity contribution in [1.29, 1.82) is 5.26 Å². The number of halogens is 2. The maximum Gasteiger partial charge on any atom is 0.229 e. The Bertz CT molecular complexity index is 1110. The van der Waals surface area contributed by atoms with Gasteiger partial charge in [-0.15, -0.1) is 0 Å². The monoisotopic (exact) mass is 396 g/mol. The molecule has 134 valence electrons.